The van der Waals surface area contributed by atoms with Crippen LogP contribution in [0.5, 0.6) is 0 Å². The first-order chi connectivity index (χ1) is 14.2. The number of aryl methyl sites for hydroxylation is 2. The second-order valence-electron chi connectivity index (χ2n) is 7.06. The second-order valence-corrected chi connectivity index (χ2v) is 10.0. The Morgan fingerprint density at radius 1 is 1.13 bits per heavy atom. The van der Waals surface area contributed by atoms with Gasteiger partial charge in [-0.05, 0) is 54.8 Å². The van der Waals surface area contributed by atoms with E-state index in [0.717, 1.165) is 25.5 Å². The molecule has 0 aliphatic heterocycles. The Bertz CT molecular complexity index is 1170. The van der Waals surface area contributed by atoms with Crippen LogP contribution in [0.3, 0.4) is 0 Å². The number of hydrogen-bond donors (Lipinski definition) is 1. The van der Waals surface area contributed by atoms with Gasteiger partial charge in [0.25, 0.3) is 0 Å². The molecule has 0 radical (unpaired) electrons. The van der Waals surface area contributed by atoms with Gasteiger partial charge in [0, 0.05) is 17.6 Å². The first-order valence-electron chi connectivity index (χ1n) is 9.26. The Labute approximate surface area is 184 Å². The summed E-state index contributed by atoms with van der Waals surface area (Å²) in [6.07, 6.45) is 1.59. The number of anilines is 1. The zero-order valence-electron chi connectivity index (χ0n) is 17.0. The molecule has 1 aromatic heterocycles. The highest BCUT2D eigenvalue weighted by Gasteiger charge is 2.23. The number of carbonyl (C=O) groups is 1. The van der Waals surface area contributed by atoms with E-state index >= 15 is 0 Å². The van der Waals surface area contributed by atoms with E-state index in [1.54, 1.807) is 35.1 Å². The van der Waals surface area contributed by atoms with Gasteiger partial charge in [0.1, 0.15) is 5.82 Å². The number of amides is 1. The molecule has 158 valence electrons. The number of carbonyl (C=O) groups excluding carboxylic acids is 1. The zero-order chi connectivity index (χ0) is 21.9. The highest BCUT2D eigenvalue weighted by Crippen LogP contribution is 2.19. The highest BCUT2D eigenvalue weighted by atomic mass is 79.9. The fourth-order valence-electron chi connectivity index (χ4n) is 2.90. The fraction of sp³-hybridized carbons (Fsp3) is 0.238. The highest BCUT2D eigenvalue weighted by molar-refractivity contribution is 9.10. The minimum Gasteiger partial charge on any atom is -0.310 e. The third-order valence-electron chi connectivity index (χ3n) is 4.76. The lowest BCUT2D eigenvalue weighted by Gasteiger charge is -2.18. The first kappa shape index (κ1) is 22.2. The van der Waals surface area contributed by atoms with E-state index in [-0.39, 0.29) is 11.4 Å². The van der Waals surface area contributed by atoms with E-state index in [0.29, 0.717) is 12.4 Å². The molecule has 3 rings (SSSR count). The molecule has 7 nitrogen and oxygen atoms in total. The number of nitrogens with zero attached hydrogens (tertiary/aromatic N) is 3. The number of hydrogen-bond acceptors (Lipinski definition) is 4. The molecule has 0 unspecified atom stereocenters. The summed E-state index contributed by atoms with van der Waals surface area (Å²) in [7, 11) is -2.38. The second kappa shape index (κ2) is 9.11. The van der Waals surface area contributed by atoms with Crippen molar-refractivity contribution in [3.8, 4) is 0 Å². The minimum atomic E-state index is -3.77. The summed E-state index contributed by atoms with van der Waals surface area (Å²) in [5.74, 6) is 0.0536. The lowest BCUT2D eigenvalue weighted by molar-refractivity contribution is -0.116. The Morgan fingerprint density at radius 3 is 2.60 bits per heavy atom. The Balaban J connectivity index is 1.68. The monoisotopic (exact) mass is 490 g/mol. The van der Waals surface area contributed by atoms with Gasteiger partial charge in [-0.2, -0.15) is 9.40 Å². The number of nitrogens with one attached hydrogen (secondary N) is 1. The predicted molar refractivity (Wildman–Crippen MR) is 120 cm³/mol. The minimum absolute atomic E-state index is 0.167. The van der Waals surface area contributed by atoms with Crippen LogP contribution in [0.15, 0.2) is 64.1 Å². The van der Waals surface area contributed by atoms with Gasteiger partial charge < -0.3 is 5.32 Å². The molecule has 0 saturated heterocycles. The number of aromatic nitrogens is 2. The van der Waals surface area contributed by atoms with E-state index in [2.05, 4.69) is 26.3 Å². The van der Waals surface area contributed by atoms with Gasteiger partial charge in [-0.15, -0.1) is 0 Å². The van der Waals surface area contributed by atoms with Gasteiger partial charge in [0.05, 0.1) is 24.2 Å². The van der Waals surface area contributed by atoms with E-state index in [4.69, 9.17) is 0 Å². The van der Waals surface area contributed by atoms with Crippen molar-refractivity contribution >= 4 is 37.7 Å². The van der Waals surface area contributed by atoms with Crippen molar-refractivity contribution in [1.29, 1.82) is 0 Å². The summed E-state index contributed by atoms with van der Waals surface area (Å²) in [4.78, 5) is 12.7. The van der Waals surface area contributed by atoms with Crippen molar-refractivity contribution in [1.82, 2.24) is 14.1 Å². The molecule has 0 saturated carbocycles. The number of likely N-dealkylation sites (N-methyl/N-ethyl adjacent to an activating group) is 1. The Kier molecular flexibility index (Phi) is 6.74. The molecule has 0 atom stereocenters. The summed E-state index contributed by atoms with van der Waals surface area (Å²) in [5, 5.41) is 6.99. The lowest BCUT2D eigenvalue weighted by atomic mass is 10.1. The van der Waals surface area contributed by atoms with Crippen molar-refractivity contribution < 1.29 is 13.2 Å². The van der Waals surface area contributed by atoms with Gasteiger partial charge in [-0.25, -0.2) is 13.1 Å². The third kappa shape index (κ3) is 5.16. The van der Waals surface area contributed by atoms with Crippen LogP contribution in [0.2, 0.25) is 0 Å². The number of rotatable bonds is 7. The molecule has 1 heterocycles. The fourth-order valence-corrected chi connectivity index (χ4v) is 4.56. The summed E-state index contributed by atoms with van der Waals surface area (Å²) in [6.45, 7) is 3.93. The van der Waals surface area contributed by atoms with E-state index in [1.165, 1.54) is 7.05 Å². The average Bonchev–Trinajstić information content (AvgIpc) is 3.10. The molecule has 1 amide bonds. The van der Waals surface area contributed by atoms with Crippen LogP contribution in [-0.4, -0.2) is 42.0 Å². The topological polar surface area (TPSA) is 84.3 Å². The van der Waals surface area contributed by atoms with Crippen LogP contribution < -0.4 is 5.32 Å². The quantitative estimate of drug-likeness (QED) is 0.548. The van der Waals surface area contributed by atoms with Crippen molar-refractivity contribution in [2.75, 3.05) is 18.9 Å². The van der Waals surface area contributed by atoms with Gasteiger partial charge in [0.15, 0.2) is 0 Å². The molecule has 30 heavy (non-hydrogen) atoms. The molecule has 9 heteroatoms. The molecule has 0 fully saturated rings. The summed E-state index contributed by atoms with van der Waals surface area (Å²) >= 11 is 3.44. The molecule has 3 aromatic rings. The molecular formula is C21H23BrN4O3S. The smallest absolute Gasteiger partial charge is 0.243 e. The molecule has 0 bridgehead atoms. The van der Waals surface area contributed by atoms with Crippen LogP contribution in [0.25, 0.3) is 0 Å². The van der Waals surface area contributed by atoms with Crippen LogP contribution >= 0.6 is 15.9 Å². The maximum absolute atomic E-state index is 12.8. The number of benzene rings is 2. The summed E-state index contributed by atoms with van der Waals surface area (Å²) < 4.78 is 29.2. The Hall–Kier alpha value is -2.49. The predicted octanol–water partition coefficient (Wildman–Crippen LogP) is 3.57. The Morgan fingerprint density at radius 2 is 1.90 bits per heavy atom. The average molecular weight is 491 g/mol. The summed E-state index contributed by atoms with van der Waals surface area (Å²) in [6, 6.07) is 14.4. The van der Waals surface area contributed by atoms with E-state index in [9.17, 15) is 13.2 Å². The molecule has 0 aliphatic carbocycles. The number of halogens is 1. The molecular weight excluding hydrogens is 468 g/mol. The summed E-state index contributed by atoms with van der Waals surface area (Å²) in [5.41, 5.74) is 2.90. The largest absolute Gasteiger partial charge is 0.310 e. The normalized spacial score (nSPS) is 11.6. The maximum atomic E-state index is 12.8. The van der Waals surface area contributed by atoms with E-state index in [1.807, 2.05) is 38.1 Å². The standard InChI is InChI=1S/C21H23BrN4O3S/c1-15-7-8-19(11-16(15)2)30(28,29)25(3)14-21(27)24-20-9-10-23-26(20)13-17-5-4-6-18(22)12-17/h4-12H,13-14H2,1-3H3,(H,24,27). The van der Waals surface area contributed by atoms with Crippen molar-refractivity contribution in [2.24, 2.45) is 0 Å². The van der Waals surface area contributed by atoms with Crippen molar-refractivity contribution in [2.45, 2.75) is 25.3 Å². The maximum Gasteiger partial charge on any atom is 0.243 e. The molecule has 0 spiro atoms. The molecule has 1 N–H and O–H groups in total. The van der Waals surface area contributed by atoms with Crippen LogP contribution in [0, 0.1) is 13.8 Å². The molecule has 0 aliphatic rings. The zero-order valence-corrected chi connectivity index (χ0v) is 19.4. The van der Waals surface area contributed by atoms with Crippen LogP contribution in [0.4, 0.5) is 5.82 Å². The number of sulfonamides is 1. The van der Waals surface area contributed by atoms with E-state index < -0.39 is 15.9 Å². The van der Waals surface area contributed by atoms with Crippen LogP contribution in [0.1, 0.15) is 16.7 Å². The van der Waals surface area contributed by atoms with Gasteiger partial charge in [-0.3, -0.25) is 4.79 Å². The van der Waals surface area contributed by atoms with Crippen LogP contribution in [-0.2, 0) is 21.4 Å². The van der Waals surface area contributed by atoms with Crippen molar-refractivity contribution in [3.63, 3.8) is 0 Å². The third-order valence-corrected chi connectivity index (χ3v) is 7.05. The van der Waals surface area contributed by atoms with Gasteiger partial charge in [-0.1, -0.05) is 34.1 Å². The lowest BCUT2D eigenvalue weighted by Crippen LogP contribution is -2.35. The SMILES string of the molecule is Cc1ccc(S(=O)(=O)N(C)CC(=O)Nc2ccnn2Cc2cccc(Br)c2)cc1C. The van der Waals surface area contributed by atoms with Gasteiger partial charge >= 0.3 is 0 Å². The van der Waals surface area contributed by atoms with Gasteiger partial charge in [0.2, 0.25) is 15.9 Å². The first-order valence-corrected chi connectivity index (χ1v) is 11.5. The molecule has 2 aromatic carbocycles. The van der Waals surface area contributed by atoms with Crippen molar-refractivity contribution in [3.05, 3.63) is 75.9 Å².